The number of esters is 1. The minimum Gasteiger partial charge on any atom is -0.452 e. The van der Waals surface area contributed by atoms with Crippen LogP contribution in [0.2, 0.25) is 0 Å². The Labute approximate surface area is 152 Å². The zero-order valence-corrected chi connectivity index (χ0v) is 15.2. The van der Waals surface area contributed by atoms with E-state index in [-0.39, 0.29) is 0 Å². The molecule has 0 saturated heterocycles. The van der Waals surface area contributed by atoms with E-state index >= 15 is 0 Å². The van der Waals surface area contributed by atoms with Crippen molar-refractivity contribution in [3.8, 4) is 0 Å². The summed E-state index contributed by atoms with van der Waals surface area (Å²) in [7, 11) is 0. The van der Waals surface area contributed by atoms with Gasteiger partial charge in [-0.15, -0.1) is 0 Å². The molecule has 0 radical (unpaired) electrons. The second kappa shape index (κ2) is 8.94. The summed E-state index contributed by atoms with van der Waals surface area (Å²) in [6.45, 7) is 5.56. The van der Waals surface area contributed by atoms with E-state index in [2.05, 4.69) is 15.6 Å². The molecule has 1 heterocycles. The Balaban J connectivity index is 2.11. The van der Waals surface area contributed by atoms with Gasteiger partial charge in [-0.25, -0.2) is 9.59 Å². The van der Waals surface area contributed by atoms with E-state index in [1.54, 1.807) is 0 Å². The summed E-state index contributed by atoms with van der Waals surface area (Å²) in [5.74, 6) is -1.31. The lowest BCUT2D eigenvalue weighted by Crippen LogP contribution is -2.41. The average Bonchev–Trinajstić information content (AvgIpc) is 2.64. The number of amides is 3. The van der Waals surface area contributed by atoms with Crippen molar-refractivity contribution in [2.75, 3.05) is 13.2 Å². The number of nitrogens with zero attached hydrogens (tertiary/aromatic N) is 1. The third-order valence-electron chi connectivity index (χ3n) is 3.89. The highest BCUT2D eigenvalue weighted by Crippen LogP contribution is 2.23. The van der Waals surface area contributed by atoms with Gasteiger partial charge in [0.25, 0.3) is 5.91 Å². The number of hydrogen-bond acceptors (Lipinski definition) is 5. The number of aromatic nitrogens is 1. The number of para-hydroxylation sites is 1. The molecule has 0 spiro atoms. The minimum absolute atomic E-state index is 0.370. The molecule has 0 unspecified atom stereocenters. The van der Waals surface area contributed by atoms with E-state index in [4.69, 9.17) is 4.74 Å². The van der Waals surface area contributed by atoms with Gasteiger partial charge in [-0.1, -0.05) is 32.0 Å². The molecule has 2 N–H and O–H groups in total. The van der Waals surface area contributed by atoms with Crippen LogP contribution >= 0.6 is 0 Å². The molecular weight excluding hydrogens is 334 g/mol. The van der Waals surface area contributed by atoms with Crippen LogP contribution in [0.5, 0.6) is 0 Å². The van der Waals surface area contributed by atoms with Gasteiger partial charge in [0, 0.05) is 11.9 Å². The average molecular weight is 357 g/mol. The van der Waals surface area contributed by atoms with E-state index < -0.39 is 24.5 Å². The van der Waals surface area contributed by atoms with Crippen molar-refractivity contribution < 1.29 is 19.1 Å². The van der Waals surface area contributed by atoms with Crippen LogP contribution in [0, 0.1) is 6.92 Å². The van der Waals surface area contributed by atoms with E-state index in [0.29, 0.717) is 24.2 Å². The first-order valence-electron chi connectivity index (χ1n) is 8.60. The molecule has 0 fully saturated rings. The third-order valence-corrected chi connectivity index (χ3v) is 3.89. The maximum atomic E-state index is 12.5. The van der Waals surface area contributed by atoms with Crippen molar-refractivity contribution in [2.45, 2.75) is 33.6 Å². The monoisotopic (exact) mass is 357 g/mol. The predicted octanol–water partition coefficient (Wildman–Crippen LogP) is 2.50. The molecule has 0 atom stereocenters. The fourth-order valence-corrected chi connectivity index (χ4v) is 2.62. The van der Waals surface area contributed by atoms with Gasteiger partial charge in [-0.05, 0) is 31.4 Å². The molecule has 1 aromatic carbocycles. The van der Waals surface area contributed by atoms with E-state index in [9.17, 15) is 14.4 Å². The Hall–Kier alpha value is -2.96. The number of aryl methyl sites for hydroxylation is 2. The molecule has 0 bridgehead atoms. The van der Waals surface area contributed by atoms with Crippen LogP contribution in [0.3, 0.4) is 0 Å². The van der Waals surface area contributed by atoms with Gasteiger partial charge in [0.2, 0.25) is 0 Å². The van der Waals surface area contributed by atoms with Gasteiger partial charge in [-0.2, -0.15) is 0 Å². The number of fused-ring (bicyclic) bond motifs is 1. The molecule has 0 aliphatic rings. The highest BCUT2D eigenvalue weighted by Gasteiger charge is 2.20. The molecule has 0 aliphatic heterocycles. The Morgan fingerprint density at radius 3 is 2.58 bits per heavy atom. The number of ether oxygens (including phenoxy) is 1. The van der Waals surface area contributed by atoms with Crippen molar-refractivity contribution >= 4 is 28.8 Å². The maximum absolute atomic E-state index is 12.5. The van der Waals surface area contributed by atoms with Gasteiger partial charge >= 0.3 is 12.0 Å². The molecule has 0 aliphatic carbocycles. The fraction of sp³-hybridized carbons (Fsp3) is 0.368. The molecule has 26 heavy (non-hydrogen) atoms. The summed E-state index contributed by atoms with van der Waals surface area (Å²) in [6.07, 6.45) is 1.31. The van der Waals surface area contributed by atoms with Crippen molar-refractivity contribution in [2.24, 2.45) is 0 Å². The number of benzene rings is 1. The smallest absolute Gasteiger partial charge is 0.340 e. The van der Waals surface area contributed by atoms with Gasteiger partial charge in [0.15, 0.2) is 6.61 Å². The predicted molar refractivity (Wildman–Crippen MR) is 98.0 cm³/mol. The first-order chi connectivity index (χ1) is 12.5. The zero-order chi connectivity index (χ0) is 19.1. The van der Waals surface area contributed by atoms with Crippen LogP contribution in [-0.2, 0) is 16.0 Å². The number of imide groups is 1. The van der Waals surface area contributed by atoms with Gasteiger partial charge in [0.1, 0.15) is 0 Å². The Bertz CT molecular complexity index is 833. The van der Waals surface area contributed by atoms with Gasteiger partial charge in [0.05, 0.1) is 16.8 Å². The summed E-state index contributed by atoms with van der Waals surface area (Å²) >= 11 is 0. The Morgan fingerprint density at radius 1 is 1.15 bits per heavy atom. The van der Waals surface area contributed by atoms with E-state index in [1.807, 2.05) is 45.0 Å². The second-order valence-corrected chi connectivity index (χ2v) is 5.81. The van der Waals surface area contributed by atoms with Gasteiger partial charge < -0.3 is 10.1 Å². The molecule has 138 valence electrons. The number of urea groups is 1. The lowest BCUT2D eigenvalue weighted by atomic mass is 10.0. The Kier molecular flexibility index (Phi) is 6.66. The maximum Gasteiger partial charge on any atom is 0.340 e. The number of carbonyl (C=O) groups excluding carboxylic acids is 3. The molecule has 2 aromatic rings. The second-order valence-electron chi connectivity index (χ2n) is 5.81. The molecule has 1 aromatic heterocycles. The summed E-state index contributed by atoms with van der Waals surface area (Å²) in [5.41, 5.74) is 2.56. The van der Waals surface area contributed by atoms with E-state index in [0.717, 1.165) is 22.9 Å². The summed E-state index contributed by atoms with van der Waals surface area (Å²) in [6, 6.07) is 6.93. The molecule has 2 rings (SSSR count). The largest absolute Gasteiger partial charge is 0.452 e. The summed E-state index contributed by atoms with van der Waals surface area (Å²) in [5, 5.41) is 5.48. The fourth-order valence-electron chi connectivity index (χ4n) is 2.62. The lowest BCUT2D eigenvalue weighted by molar-refractivity contribution is -0.123. The standard InChI is InChI=1S/C19H23N3O4/c1-4-10-20-19(25)22-16(23)11-26-18(24)17-12(3)13-8-6-7-9-15(13)21-14(17)5-2/h6-9H,4-5,10-11H2,1-3H3,(H2,20,22,23,25). The normalized spacial score (nSPS) is 10.4. The Morgan fingerprint density at radius 2 is 1.88 bits per heavy atom. The zero-order valence-electron chi connectivity index (χ0n) is 15.2. The van der Waals surface area contributed by atoms with Crippen LogP contribution in [0.15, 0.2) is 24.3 Å². The van der Waals surface area contributed by atoms with Crippen LogP contribution in [0.25, 0.3) is 10.9 Å². The van der Waals surface area contributed by atoms with Crippen LogP contribution in [0.4, 0.5) is 4.79 Å². The van der Waals surface area contributed by atoms with Crippen molar-refractivity contribution in [3.05, 3.63) is 41.1 Å². The molecule has 3 amide bonds. The quantitative estimate of drug-likeness (QED) is 0.774. The van der Waals surface area contributed by atoms with Crippen molar-refractivity contribution in [3.63, 3.8) is 0 Å². The first-order valence-corrected chi connectivity index (χ1v) is 8.60. The SMILES string of the molecule is CCCNC(=O)NC(=O)COC(=O)c1c(CC)nc2ccccc2c1C. The van der Waals surface area contributed by atoms with Crippen molar-refractivity contribution in [1.82, 2.24) is 15.6 Å². The third kappa shape index (κ3) is 4.56. The number of hydrogen-bond donors (Lipinski definition) is 2. The topological polar surface area (TPSA) is 97.4 Å². The number of nitrogens with one attached hydrogen (secondary N) is 2. The van der Waals surface area contributed by atoms with Crippen LogP contribution in [-0.4, -0.2) is 36.0 Å². The molecule has 0 saturated carbocycles. The number of carbonyl (C=O) groups is 3. The van der Waals surface area contributed by atoms with Gasteiger partial charge in [-0.3, -0.25) is 15.1 Å². The molecule has 7 nitrogen and oxygen atoms in total. The first kappa shape index (κ1) is 19.4. The highest BCUT2D eigenvalue weighted by molar-refractivity contribution is 6.00. The molecule has 7 heteroatoms. The minimum atomic E-state index is -0.684. The number of rotatable bonds is 6. The lowest BCUT2D eigenvalue weighted by Gasteiger charge is -2.13. The summed E-state index contributed by atoms with van der Waals surface area (Å²) in [4.78, 5) is 40.2. The van der Waals surface area contributed by atoms with Crippen molar-refractivity contribution in [1.29, 1.82) is 0 Å². The molecular formula is C19H23N3O4. The van der Waals surface area contributed by atoms with Crippen LogP contribution in [0.1, 0.15) is 41.9 Å². The van der Waals surface area contributed by atoms with E-state index in [1.165, 1.54) is 0 Å². The summed E-state index contributed by atoms with van der Waals surface area (Å²) < 4.78 is 5.10. The van der Waals surface area contributed by atoms with Crippen LogP contribution < -0.4 is 10.6 Å². The number of pyridine rings is 1. The highest BCUT2D eigenvalue weighted by atomic mass is 16.5.